The monoisotopic (exact) mass is 539 g/mol. The van der Waals surface area contributed by atoms with Crippen LogP contribution in [0.4, 0.5) is 5.69 Å². The predicted molar refractivity (Wildman–Crippen MR) is 140 cm³/mol. The first-order valence-electron chi connectivity index (χ1n) is 12.2. The molecule has 0 radical (unpaired) electrons. The molecule has 0 aromatic heterocycles. The number of amides is 1. The van der Waals surface area contributed by atoms with E-state index >= 15 is 0 Å². The molecule has 4 rings (SSSR count). The highest BCUT2D eigenvalue weighted by atomic mass is 32.2. The van der Waals surface area contributed by atoms with Gasteiger partial charge in [-0.05, 0) is 59.9 Å². The van der Waals surface area contributed by atoms with E-state index in [9.17, 15) is 23.1 Å². The number of carboxylic acids is 1. The van der Waals surface area contributed by atoms with Gasteiger partial charge in [0, 0.05) is 6.92 Å². The zero-order valence-corrected chi connectivity index (χ0v) is 22.3. The van der Waals surface area contributed by atoms with Crippen molar-refractivity contribution in [2.75, 3.05) is 12.1 Å². The number of rotatable bonds is 9. The van der Waals surface area contributed by atoms with Crippen LogP contribution in [0.2, 0.25) is 0 Å². The summed E-state index contributed by atoms with van der Waals surface area (Å²) in [6, 6.07) is 12.3. The maximum atomic E-state index is 13.7. The third-order valence-electron chi connectivity index (χ3n) is 6.06. The second kappa shape index (κ2) is 10.7. The van der Waals surface area contributed by atoms with Gasteiger partial charge in [-0.25, -0.2) is 13.2 Å². The molecule has 0 saturated heterocycles. The van der Waals surface area contributed by atoms with Crippen molar-refractivity contribution in [2.45, 2.75) is 56.2 Å². The van der Waals surface area contributed by atoms with Gasteiger partial charge in [-0.1, -0.05) is 39.3 Å². The number of sulfone groups is 1. The van der Waals surface area contributed by atoms with Crippen LogP contribution < -0.4 is 19.5 Å². The molecular weight excluding hydrogens is 510 g/mol. The lowest BCUT2D eigenvalue weighted by Crippen LogP contribution is -2.10. The average Bonchev–Trinajstić information content (AvgIpc) is 3.35. The molecule has 1 heterocycles. The summed E-state index contributed by atoms with van der Waals surface area (Å²) in [5.74, 6) is -0.879. The van der Waals surface area contributed by atoms with Crippen molar-refractivity contribution < 1.29 is 37.3 Å². The van der Waals surface area contributed by atoms with Gasteiger partial charge in [0.05, 0.1) is 16.1 Å². The molecule has 0 saturated carbocycles. The first-order valence-corrected chi connectivity index (χ1v) is 13.6. The number of carbonyl (C=O) groups excluding carboxylic acids is 1. The Kier molecular flexibility index (Phi) is 7.63. The minimum absolute atomic E-state index is 0.0263. The normalized spacial score (nSPS) is 12.4. The molecule has 1 aliphatic heterocycles. The third kappa shape index (κ3) is 5.31. The maximum absolute atomic E-state index is 13.7. The van der Waals surface area contributed by atoms with E-state index in [1.807, 2.05) is 20.8 Å². The van der Waals surface area contributed by atoms with Crippen molar-refractivity contribution >= 4 is 27.4 Å². The van der Waals surface area contributed by atoms with E-state index in [1.54, 1.807) is 12.1 Å². The van der Waals surface area contributed by atoms with Crippen LogP contribution in [0.5, 0.6) is 23.0 Å². The van der Waals surface area contributed by atoms with Crippen molar-refractivity contribution in [3.63, 3.8) is 0 Å². The predicted octanol–water partition coefficient (Wildman–Crippen LogP) is 5.77. The molecule has 9 nitrogen and oxygen atoms in total. The molecule has 3 aromatic rings. The van der Waals surface area contributed by atoms with E-state index in [0.29, 0.717) is 17.7 Å². The molecule has 1 aliphatic rings. The first kappa shape index (κ1) is 27.0. The van der Waals surface area contributed by atoms with Crippen molar-refractivity contribution in [3.8, 4) is 23.0 Å². The minimum atomic E-state index is -4.06. The number of aromatic carboxylic acids is 1. The number of hydrogen-bond acceptors (Lipinski definition) is 7. The molecule has 1 amide bonds. The fourth-order valence-electron chi connectivity index (χ4n) is 4.14. The van der Waals surface area contributed by atoms with Crippen LogP contribution >= 0.6 is 0 Å². The van der Waals surface area contributed by atoms with E-state index in [0.717, 1.165) is 12.0 Å². The molecular formula is C28H29NO8S. The van der Waals surface area contributed by atoms with Crippen molar-refractivity contribution in [2.24, 2.45) is 0 Å². The molecule has 0 bridgehead atoms. The fourth-order valence-corrected chi connectivity index (χ4v) is 5.56. The third-order valence-corrected chi connectivity index (χ3v) is 7.83. The Morgan fingerprint density at radius 3 is 2.34 bits per heavy atom. The highest BCUT2D eigenvalue weighted by Gasteiger charge is 2.34. The number of anilines is 1. The minimum Gasteiger partial charge on any atom is -0.478 e. The Hall–Kier alpha value is -4.05. The number of carboxylic acid groups (broad SMARTS) is 1. The summed E-state index contributed by atoms with van der Waals surface area (Å²) in [5.41, 5.74) is 1.81. The topological polar surface area (TPSA) is 128 Å². The summed E-state index contributed by atoms with van der Waals surface area (Å²) in [7, 11) is -4.06. The number of carbonyl (C=O) groups is 2. The van der Waals surface area contributed by atoms with E-state index in [1.165, 1.54) is 43.3 Å². The molecule has 2 N–H and O–H groups in total. The molecule has 3 aromatic carbocycles. The molecule has 0 aliphatic carbocycles. The van der Waals surface area contributed by atoms with Gasteiger partial charge in [-0.2, -0.15) is 0 Å². The number of fused-ring (bicyclic) bond motifs is 1. The quantitative estimate of drug-likeness (QED) is 0.351. The Morgan fingerprint density at radius 1 is 1.05 bits per heavy atom. The molecule has 0 atom stereocenters. The zero-order valence-electron chi connectivity index (χ0n) is 21.5. The molecule has 0 fully saturated rings. The second-order valence-electron chi connectivity index (χ2n) is 9.20. The van der Waals surface area contributed by atoms with Crippen molar-refractivity contribution in [3.05, 3.63) is 65.2 Å². The standard InChI is InChI=1S/C28H29NO8S/c1-5-6-19-13-20(28(31)32)9-12-23(19)37-25-22(29-17(4)30)14-24(26-27(25)36-15-35-26)38(33,34)21-10-7-18(8-11-21)16(2)3/h7-14,16H,5-6,15H2,1-4H3,(H,29,30)(H,31,32). The van der Waals surface area contributed by atoms with Crippen LogP contribution in [0, 0.1) is 0 Å². The van der Waals surface area contributed by atoms with E-state index in [2.05, 4.69) is 5.32 Å². The molecule has 200 valence electrons. The van der Waals surface area contributed by atoms with E-state index in [-0.39, 0.29) is 51.0 Å². The van der Waals surface area contributed by atoms with E-state index in [4.69, 9.17) is 14.2 Å². The second-order valence-corrected chi connectivity index (χ2v) is 11.1. The molecule has 10 heteroatoms. The number of nitrogens with one attached hydrogen (secondary N) is 1. The van der Waals surface area contributed by atoms with Gasteiger partial charge in [0.15, 0.2) is 11.5 Å². The molecule has 38 heavy (non-hydrogen) atoms. The number of aryl methyl sites for hydroxylation is 1. The largest absolute Gasteiger partial charge is 0.478 e. The Balaban J connectivity index is 1.86. The molecule has 0 unspecified atom stereocenters. The zero-order chi connectivity index (χ0) is 27.6. The Labute approximate surface area is 221 Å². The van der Waals surface area contributed by atoms with Crippen LogP contribution in [-0.2, 0) is 21.1 Å². The Bertz CT molecular complexity index is 1490. The van der Waals surface area contributed by atoms with Gasteiger partial charge < -0.3 is 24.6 Å². The smallest absolute Gasteiger partial charge is 0.335 e. The van der Waals surface area contributed by atoms with Crippen LogP contribution in [0.25, 0.3) is 0 Å². The van der Waals surface area contributed by atoms with Crippen molar-refractivity contribution in [1.82, 2.24) is 0 Å². The van der Waals surface area contributed by atoms with Crippen LogP contribution in [-0.4, -0.2) is 32.2 Å². The highest BCUT2D eigenvalue weighted by molar-refractivity contribution is 7.91. The Morgan fingerprint density at radius 2 is 1.74 bits per heavy atom. The highest BCUT2D eigenvalue weighted by Crippen LogP contribution is 2.52. The van der Waals surface area contributed by atoms with Crippen molar-refractivity contribution in [1.29, 1.82) is 0 Å². The summed E-state index contributed by atoms with van der Waals surface area (Å²) in [6.45, 7) is 7.02. The van der Waals surface area contributed by atoms with Gasteiger partial charge in [0.2, 0.25) is 28.3 Å². The summed E-state index contributed by atoms with van der Waals surface area (Å²) >= 11 is 0. The summed E-state index contributed by atoms with van der Waals surface area (Å²) in [4.78, 5) is 23.5. The summed E-state index contributed by atoms with van der Waals surface area (Å²) < 4.78 is 44.8. The lowest BCUT2D eigenvalue weighted by atomic mass is 10.0. The number of benzene rings is 3. The summed E-state index contributed by atoms with van der Waals surface area (Å²) in [6.07, 6.45) is 1.26. The number of ether oxygens (including phenoxy) is 3. The fraction of sp³-hybridized carbons (Fsp3) is 0.286. The van der Waals surface area contributed by atoms with Gasteiger partial charge in [-0.15, -0.1) is 0 Å². The van der Waals surface area contributed by atoms with Gasteiger partial charge in [-0.3, -0.25) is 4.79 Å². The SMILES string of the molecule is CCCc1cc(C(=O)O)ccc1Oc1c(NC(C)=O)cc(S(=O)(=O)c2ccc(C(C)C)cc2)c2c1OCO2. The molecule has 0 spiro atoms. The maximum Gasteiger partial charge on any atom is 0.335 e. The van der Waals surface area contributed by atoms with Gasteiger partial charge in [0.25, 0.3) is 0 Å². The van der Waals surface area contributed by atoms with Crippen LogP contribution in [0.15, 0.2) is 58.3 Å². The lowest BCUT2D eigenvalue weighted by molar-refractivity contribution is -0.114. The first-order chi connectivity index (χ1) is 18.0. The van der Waals surface area contributed by atoms with E-state index < -0.39 is 21.7 Å². The number of hydrogen-bond donors (Lipinski definition) is 2. The van der Waals surface area contributed by atoms with Gasteiger partial charge >= 0.3 is 5.97 Å². The van der Waals surface area contributed by atoms with Crippen LogP contribution in [0.3, 0.4) is 0 Å². The van der Waals surface area contributed by atoms with Crippen LogP contribution in [0.1, 0.15) is 61.5 Å². The average molecular weight is 540 g/mol. The summed E-state index contributed by atoms with van der Waals surface area (Å²) in [5, 5.41) is 12.0. The van der Waals surface area contributed by atoms with Gasteiger partial charge in [0.1, 0.15) is 10.6 Å². The lowest BCUT2D eigenvalue weighted by Gasteiger charge is -2.18.